The molecular weight excluding hydrogens is 362 g/mol. The summed E-state index contributed by atoms with van der Waals surface area (Å²) in [5.41, 5.74) is 1.10. The Kier molecular flexibility index (Phi) is 5.21. The molecule has 0 aromatic heterocycles. The Bertz CT molecular complexity index is 406. The lowest BCUT2D eigenvalue weighted by Gasteiger charge is -2.26. The quantitative estimate of drug-likeness (QED) is 0.853. The summed E-state index contributed by atoms with van der Waals surface area (Å²) in [5, 5.41) is 3.44. The summed E-state index contributed by atoms with van der Waals surface area (Å²) < 4.78 is 13.1. The van der Waals surface area contributed by atoms with Crippen molar-refractivity contribution in [2.24, 2.45) is 0 Å². The maximum absolute atomic E-state index is 5.58. The van der Waals surface area contributed by atoms with Crippen LogP contribution in [-0.2, 0) is 16.0 Å². The molecule has 1 aromatic carbocycles. The van der Waals surface area contributed by atoms with E-state index in [2.05, 4.69) is 49.3 Å². The zero-order valence-electron chi connectivity index (χ0n) is 10.3. The van der Waals surface area contributed by atoms with Gasteiger partial charge in [0.1, 0.15) is 5.60 Å². The van der Waals surface area contributed by atoms with Crippen LogP contribution in [-0.4, -0.2) is 32.5 Å². The monoisotopic (exact) mass is 377 g/mol. The summed E-state index contributed by atoms with van der Waals surface area (Å²) in [7, 11) is 1.76. The van der Waals surface area contributed by atoms with Gasteiger partial charge in [0.25, 0.3) is 0 Å². The summed E-state index contributed by atoms with van der Waals surface area (Å²) in [4.78, 5) is 0. The van der Waals surface area contributed by atoms with Crippen LogP contribution in [0.3, 0.4) is 0 Å². The average molecular weight is 379 g/mol. The molecule has 0 radical (unpaired) electrons. The molecule has 1 saturated heterocycles. The Labute approximate surface area is 124 Å². The molecule has 0 aliphatic carbocycles. The van der Waals surface area contributed by atoms with Crippen LogP contribution in [0.15, 0.2) is 27.1 Å². The van der Waals surface area contributed by atoms with Crippen LogP contribution >= 0.6 is 31.9 Å². The molecule has 0 amide bonds. The molecule has 1 unspecified atom stereocenters. The third kappa shape index (κ3) is 3.54. The lowest BCUT2D eigenvalue weighted by Crippen LogP contribution is -2.42. The molecule has 2 rings (SSSR count). The van der Waals surface area contributed by atoms with E-state index in [9.17, 15) is 0 Å². The number of halogens is 2. The Morgan fingerprint density at radius 1 is 1.39 bits per heavy atom. The van der Waals surface area contributed by atoms with Gasteiger partial charge in [-0.25, -0.2) is 0 Å². The molecule has 1 atom stereocenters. The van der Waals surface area contributed by atoms with Gasteiger partial charge in [0.05, 0.1) is 6.61 Å². The minimum atomic E-state index is -0.146. The summed E-state index contributed by atoms with van der Waals surface area (Å²) in [6.07, 6.45) is 0.959. The van der Waals surface area contributed by atoms with Crippen LogP contribution in [0.4, 0.5) is 0 Å². The number of benzene rings is 1. The first kappa shape index (κ1) is 14.5. The maximum Gasteiger partial charge on any atom is 0.106 e. The van der Waals surface area contributed by atoms with Crippen molar-refractivity contribution in [2.75, 3.05) is 26.9 Å². The van der Waals surface area contributed by atoms with Gasteiger partial charge in [-0.2, -0.15) is 0 Å². The zero-order chi connectivity index (χ0) is 13.0. The van der Waals surface area contributed by atoms with Crippen LogP contribution in [0.5, 0.6) is 0 Å². The Morgan fingerprint density at radius 2 is 2.22 bits per heavy atom. The van der Waals surface area contributed by atoms with Gasteiger partial charge in [-0.1, -0.05) is 6.07 Å². The molecule has 0 saturated carbocycles. The summed E-state index contributed by atoms with van der Waals surface area (Å²) >= 11 is 6.98. The fourth-order valence-electron chi connectivity index (χ4n) is 2.05. The third-order valence-electron chi connectivity index (χ3n) is 3.26. The molecule has 1 fully saturated rings. The molecule has 5 heteroatoms. The number of hydrogen-bond acceptors (Lipinski definition) is 3. The van der Waals surface area contributed by atoms with Crippen molar-refractivity contribution in [2.45, 2.75) is 18.6 Å². The van der Waals surface area contributed by atoms with E-state index in [1.165, 1.54) is 5.56 Å². The van der Waals surface area contributed by atoms with Gasteiger partial charge in [-0.15, -0.1) is 0 Å². The number of rotatable bonds is 5. The first-order chi connectivity index (χ1) is 8.65. The van der Waals surface area contributed by atoms with Crippen molar-refractivity contribution in [3.8, 4) is 0 Å². The fourth-order valence-corrected chi connectivity index (χ4v) is 2.72. The van der Waals surface area contributed by atoms with E-state index in [1.807, 2.05) is 6.07 Å². The predicted octanol–water partition coefficient (Wildman–Crippen LogP) is 3.11. The minimum Gasteiger partial charge on any atom is -0.378 e. The minimum absolute atomic E-state index is 0.146. The molecule has 1 aliphatic rings. The van der Waals surface area contributed by atoms with Crippen molar-refractivity contribution in [1.82, 2.24) is 5.32 Å². The molecule has 1 N–H and O–H groups in total. The number of methoxy groups -OCH3 is 1. The van der Waals surface area contributed by atoms with E-state index >= 15 is 0 Å². The third-order valence-corrected chi connectivity index (χ3v) is 5.14. The lowest BCUT2D eigenvalue weighted by atomic mass is 10.0. The summed E-state index contributed by atoms with van der Waals surface area (Å²) in [5.74, 6) is 0. The van der Waals surface area contributed by atoms with Crippen molar-refractivity contribution in [3.05, 3.63) is 32.7 Å². The van der Waals surface area contributed by atoms with E-state index in [1.54, 1.807) is 7.11 Å². The van der Waals surface area contributed by atoms with Gasteiger partial charge in [0.15, 0.2) is 0 Å². The Balaban J connectivity index is 1.86. The van der Waals surface area contributed by atoms with E-state index in [4.69, 9.17) is 9.47 Å². The van der Waals surface area contributed by atoms with Gasteiger partial charge in [-0.3, -0.25) is 0 Å². The zero-order valence-corrected chi connectivity index (χ0v) is 13.5. The fraction of sp³-hybridized carbons (Fsp3) is 0.538. The van der Waals surface area contributed by atoms with Crippen LogP contribution in [0, 0.1) is 0 Å². The first-order valence-corrected chi connectivity index (χ1v) is 7.51. The van der Waals surface area contributed by atoms with Crippen molar-refractivity contribution in [1.29, 1.82) is 0 Å². The molecule has 1 aromatic rings. The second kappa shape index (κ2) is 6.48. The van der Waals surface area contributed by atoms with Crippen molar-refractivity contribution in [3.63, 3.8) is 0 Å². The van der Waals surface area contributed by atoms with Crippen LogP contribution in [0.25, 0.3) is 0 Å². The molecule has 1 aliphatic heterocycles. The largest absolute Gasteiger partial charge is 0.378 e. The number of hydrogen-bond donors (Lipinski definition) is 1. The van der Waals surface area contributed by atoms with Gasteiger partial charge in [-0.05, 0) is 49.6 Å². The van der Waals surface area contributed by atoms with Crippen LogP contribution < -0.4 is 5.32 Å². The first-order valence-electron chi connectivity index (χ1n) is 5.93. The molecule has 18 heavy (non-hydrogen) atoms. The van der Waals surface area contributed by atoms with E-state index < -0.39 is 0 Å². The van der Waals surface area contributed by atoms with E-state index in [0.29, 0.717) is 6.61 Å². The Morgan fingerprint density at radius 3 is 2.83 bits per heavy atom. The predicted molar refractivity (Wildman–Crippen MR) is 78.7 cm³/mol. The lowest BCUT2D eigenvalue weighted by molar-refractivity contribution is -0.0159. The highest BCUT2D eigenvalue weighted by Gasteiger charge is 2.34. The molecule has 100 valence electrons. The van der Waals surface area contributed by atoms with Crippen molar-refractivity contribution >= 4 is 31.9 Å². The highest BCUT2D eigenvalue weighted by Crippen LogP contribution is 2.24. The molecule has 0 bridgehead atoms. The average Bonchev–Trinajstić information content (AvgIpc) is 2.83. The molecular formula is C13H17Br2NO2. The highest BCUT2D eigenvalue weighted by atomic mass is 79.9. The van der Waals surface area contributed by atoms with E-state index in [-0.39, 0.29) is 5.60 Å². The maximum atomic E-state index is 5.58. The standard InChI is InChI=1S/C13H17Br2NO2/c1-17-13(4-5-18-9-13)8-16-7-10-2-3-11(14)12(15)6-10/h2-3,6,16H,4-5,7-9H2,1H3. The Hall–Kier alpha value is 0.0600. The van der Waals surface area contributed by atoms with Gasteiger partial charge < -0.3 is 14.8 Å². The highest BCUT2D eigenvalue weighted by molar-refractivity contribution is 9.13. The van der Waals surface area contributed by atoms with Gasteiger partial charge in [0.2, 0.25) is 0 Å². The SMILES string of the molecule is COC1(CNCc2ccc(Br)c(Br)c2)CCOC1. The molecule has 1 heterocycles. The summed E-state index contributed by atoms with van der Waals surface area (Å²) in [6, 6.07) is 6.26. The number of nitrogens with one attached hydrogen (secondary N) is 1. The van der Waals surface area contributed by atoms with Crippen LogP contribution in [0.2, 0.25) is 0 Å². The molecule has 0 spiro atoms. The molecule has 3 nitrogen and oxygen atoms in total. The van der Waals surface area contributed by atoms with Crippen LogP contribution in [0.1, 0.15) is 12.0 Å². The van der Waals surface area contributed by atoms with Gasteiger partial charge >= 0.3 is 0 Å². The van der Waals surface area contributed by atoms with E-state index in [0.717, 1.165) is 35.1 Å². The van der Waals surface area contributed by atoms with Crippen molar-refractivity contribution < 1.29 is 9.47 Å². The second-order valence-corrected chi connectivity index (χ2v) is 6.25. The summed E-state index contributed by atoms with van der Waals surface area (Å²) in [6.45, 7) is 3.12. The van der Waals surface area contributed by atoms with Gasteiger partial charge in [0, 0.05) is 42.2 Å². The smallest absolute Gasteiger partial charge is 0.106 e. The second-order valence-electron chi connectivity index (χ2n) is 4.54. The topological polar surface area (TPSA) is 30.5 Å². The number of ether oxygens (including phenoxy) is 2. The normalized spacial score (nSPS) is 23.5.